The van der Waals surface area contributed by atoms with Gasteiger partial charge in [-0.15, -0.1) is 0 Å². The van der Waals surface area contributed by atoms with Gasteiger partial charge in [-0.1, -0.05) is 24.9 Å². The second kappa shape index (κ2) is 5.53. The van der Waals surface area contributed by atoms with Crippen LogP contribution in [-0.2, 0) is 6.42 Å². The Morgan fingerprint density at radius 2 is 2.06 bits per heavy atom. The molecule has 0 unspecified atom stereocenters. The topological polar surface area (TPSA) is 22.1 Å². The van der Waals surface area contributed by atoms with Crippen LogP contribution in [0.5, 0.6) is 5.75 Å². The summed E-state index contributed by atoms with van der Waals surface area (Å²) in [6.45, 7) is 4.34. The predicted molar refractivity (Wildman–Crippen MR) is 71.9 cm³/mol. The van der Waals surface area contributed by atoms with Crippen molar-refractivity contribution in [3.63, 3.8) is 0 Å². The van der Waals surface area contributed by atoms with E-state index in [0.717, 1.165) is 23.8 Å². The maximum absolute atomic E-state index is 13.7. The number of halogens is 2. The fourth-order valence-corrected chi connectivity index (χ4v) is 2.15. The molecule has 0 fully saturated rings. The molecule has 0 saturated heterocycles. The molecule has 1 heterocycles. The summed E-state index contributed by atoms with van der Waals surface area (Å²) in [4.78, 5) is 4.23. The Balaban J connectivity index is 2.56. The van der Waals surface area contributed by atoms with E-state index in [-0.39, 0.29) is 5.75 Å². The maximum atomic E-state index is 13.7. The van der Waals surface area contributed by atoms with Crippen molar-refractivity contribution in [3.8, 4) is 5.75 Å². The summed E-state index contributed by atoms with van der Waals surface area (Å²) in [5.74, 6) is -0.146. The molecule has 2 nitrogen and oxygen atoms in total. The highest BCUT2D eigenvalue weighted by atomic mass is 35.5. The number of pyridine rings is 1. The Hall–Kier alpha value is -1.35. The van der Waals surface area contributed by atoms with E-state index in [1.807, 2.05) is 13.0 Å². The molecule has 2 rings (SSSR count). The van der Waals surface area contributed by atoms with Crippen molar-refractivity contribution in [3.05, 3.63) is 34.7 Å². The van der Waals surface area contributed by atoms with Crippen LogP contribution in [0.15, 0.2) is 18.2 Å². The molecule has 1 aromatic heterocycles. The number of rotatable bonds is 4. The van der Waals surface area contributed by atoms with Gasteiger partial charge >= 0.3 is 0 Å². The van der Waals surface area contributed by atoms with E-state index in [2.05, 4.69) is 11.9 Å². The molecule has 2 aromatic rings. The zero-order valence-corrected chi connectivity index (χ0v) is 11.2. The number of hydrogen-bond acceptors (Lipinski definition) is 2. The second-order valence-electron chi connectivity index (χ2n) is 4.10. The summed E-state index contributed by atoms with van der Waals surface area (Å²) in [7, 11) is 0. The molecule has 0 saturated carbocycles. The average Bonchev–Trinajstić information content (AvgIpc) is 2.33. The first kappa shape index (κ1) is 13.1. The molecule has 1 aromatic carbocycles. The van der Waals surface area contributed by atoms with E-state index in [9.17, 15) is 4.39 Å². The first-order chi connectivity index (χ1) is 8.65. The molecule has 18 heavy (non-hydrogen) atoms. The van der Waals surface area contributed by atoms with Crippen LogP contribution in [0, 0.1) is 5.82 Å². The van der Waals surface area contributed by atoms with Gasteiger partial charge in [0, 0.05) is 11.5 Å². The van der Waals surface area contributed by atoms with E-state index in [0.29, 0.717) is 17.3 Å². The SMILES string of the molecule is CCCc1cc2cc(OCC)c(F)cc2nc1Cl. The van der Waals surface area contributed by atoms with Crippen molar-refractivity contribution in [1.82, 2.24) is 4.98 Å². The monoisotopic (exact) mass is 267 g/mol. The number of aromatic nitrogens is 1. The van der Waals surface area contributed by atoms with Gasteiger partial charge in [-0.05, 0) is 31.0 Å². The number of nitrogens with zero attached hydrogens (tertiary/aromatic N) is 1. The first-order valence-electron chi connectivity index (χ1n) is 6.07. The Morgan fingerprint density at radius 1 is 1.28 bits per heavy atom. The standard InChI is InChI=1S/C14H15ClFNO/c1-3-5-9-6-10-7-13(18-4-2)11(16)8-12(10)17-14(9)15/h6-8H,3-5H2,1-2H3. The molecule has 0 amide bonds. The summed E-state index contributed by atoms with van der Waals surface area (Å²) in [5, 5.41) is 1.31. The van der Waals surface area contributed by atoms with Crippen LogP contribution in [0.1, 0.15) is 25.8 Å². The van der Waals surface area contributed by atoms with Crippen molar-refractivity contribution in [1.29, 1.82) is 0 Å². The number of benzene rings is 1. The van der Waals surface area contributed by atoms with Gasteiger partial charge in [-0.3, -0.25) is 0 Å². The third kappa shape index (κ3) is 2.56. The van der Waals surface area contributed by atoms with Crippen molar-refractivity contribution in [2.24, 2.45) is 0 Å². The van der Waals surface area contributed by atoms with Gasteiger partial charge < -0.3 is 4.74 Å². The smallest absolute Gasteiger partial charge is 0.167 e. The Bertz CT molecular complexity index is 524. The van der Waals surface area contributed by atoms with Crippen LogP contribution in [0.3, 0.4) is 0 Å². The molecular formula is C14H15ClFNO. The number of hydrogen-bond donors (Lipinski definition) is 0. The van der Waals surface area contributed by atoms with Crippen molar-refractivity contribution < 1.29 is 9.13 Å². The molecule has 0 spiro atoms. The Kier molecular flexibility index (Phi) is 4.02. The molecule has 0 aliphatic heterocycles. The summed E-state index contributed by atoms with van der Waals surface area (Å²) >= 11 is 6.07. The lowest BCUT2D eigenvalue weighted by Crippen LogP contribution is -1.96. The van der Waals surface area contributed by atoms with Gasteiger partial charge in [0.2, 0.25) is 0 Å². The molecule has 0 N–H and O–H groups in total. The molecule has 0 aliphatic rings. The maximum Gasteiger partial charge on any atom is 0.167 e. The third-order valence-corrected chi connectivity index (χ3v) is 3.04. The van der Waals surface area contributed by atoms with E-state index < -0.39 is 5.82 Å². The third-order valence-electron chi connectivity index (χ3n) is 2.71. The van der Waals surface area contributed by atoms with Crippen molar-refractivity contribution >= 4 is 22.5 Å². The van der Waals surface area contributed by atoms with Gasteiger partial charge in [0.1, 0.15) is 5.15 Å². The highest BCUT2D eigenvalue weighted by Crippen LogP contribution is 2.27. The van der Waals surface area contributed by atoms with Gasteiger partial charge in [-0.2, -0.15) is 0 Å². The van der Waals surface area contributed by atoms with Crippen LogP contribution in [0.2, 0.25) is 5.15 Å². The number of fused-ring (bicyclic) bond motifs is 1. The second-order valence-corrected chi connectivity index (χ2v) is 4.45. The molecular weight excluding hydrogens is 253 g/mol. The predicted octanol–water partition coefficient (Wildman–Crippen LogP) is 4.38. The number of aryl methyl sites for hydroxylation is 1. The van der Waals surface area contributed by atoms with Crippen LogP contribution in [0.4, 0.5) is 4.39 Å². The Morgan fingerprint density at radius 3 is 2.72 bits per heavy atom. The minimum Gasteiger partial charge on any atom is -0.491 e. The van der Waals surface area contributed by atoms with Crippen LogP contribution in [-0.4, -0.2) is 11.6 Å². The fourth-order valence-electron chi connectivity index (χ4n) is 1.91. The van der Waals surface area contributed by atoms with Crippen LogP contribution in [0.25, 0.3) is 10.9 Å². The molecule has 0 bridgehead atoms. The first-order valence-corrected chi connectivity index (χ1v) is 6.45. The quantitative estimate of drug-likeness (QED) is 0.767. The highest BCUT2D eigenvalue weighted by Gasteiger charge is 2.09. The average molecular weight is 268 g/mol. The fraction of sp³-hybridized carbons (Fsp3) is 0.357. The van der Waals surface area contributed by atoms with Gasteiger partial charge in [0.25, 0.3) is 0 Å². The van der Waals surface area contributed by atoms with Gasteiger partial charge in [-0.25, -0.2) is 9.37 Å². The molecule has 0 atom stereocenters. The number of ether oxygens (including phenoxy) is 1. The summed E-state index contributed by atoms with van der Waals surface area (Å²) in [6, 6.07) is 4.99. The normalized spacial score (nSPS) is 10.9. The lowest BCUT2D eigenvalue weighted by atomic mass is 10.1. The zero-order chi connectivity index (χ0) is 13.1. The van der Waals surface area contributed by atoms with Gasteiger partial charge in [0.15, 0.2) is 11.6 Å². The molecule has 0 aliphatic carbocycles. The summed E-state index contributed by atoms with van der Waals surface area (Å²) < 4.78 is 18.9. The van der Waals surface area contributed by atoms with Gasteiger partial charge in [0.05, 0.1) is 12.1 Å². The molecule has 96 valence electrons. The largest absolute Gasteiger partial charge is 0.491 e. The highest BCUT2D eigenvalue weighted by molar-refractivity contribution is 6.30. The summed E-state index contributed by atoms with van der Waals surface area (Å²) in [5.41, 5.74) is 1.54. The lowest BCUT2D eigenvalue weighted by Gasteiger charge is -2.08. The van der Waals surface area contributed by atoms with E-state index >= 15 is 0 Å². The zero-order valence-electron chi connectivity index (χ0n) is 10.5. The van der Waals surface area contributed by atoms with E-state index in [1.54, 1.807) is 6.07 Å². The lowest BCUT2D eigenvalue weighted by molar-refractivity contribution is 0.322. The van der Waals surface area contributed by atoms with Crippen molar-refractivity contribution in [2.75, 3.05) is 6.61 Å². The van der Waals surface area contributed by atoms with Crippen LogP contribution < -0.4 is 4.74 Å². The minimum absolute atomic E-state index is 0.261. The van der Waals surface area contributed by atoms with E-state index in [4.69, 9.17) is 16.3 Å². The minimum atomic E-state index is -0.406. The van der Waals surface area contributed by atoms with Crippen molar-refractivity contribution in [2.45, 2.75) is 26.7 Å². The van der Waals surface area contributed by atoms with Crippen LogP contribution >= 0.6 is 11.6 Å². The Labute approximate surface area is 111 Å². The molecule has 0 radical (unpaired) electrons. The van der Waals surface area contributed by atoms with E-state index in [1.165, 1.54) is 6.07 Å². The molecule has 4 heteroatoms. The summed E-state index contributed by atoms with van der Waals surface area (Å²) in [6.07, 6.45) is 1.86.